The maximum absolute atomic E-state index is 12.8. The summed E-state index contributed by atoms with van der Waals surface area (Å²) < 4.78 is 18.5. The third kappa shape index (κ3) is 6.00. The number of carbonyl (C=O) groups excluding carboxylic acids is 1. The summed E-state index contributed by atoms with van der Waals surface area (Å²) >= 11 is 1.76. The van der Waals surface area contributed by atoms with Crippen molar-refractivity contribution < 1.29 is 19.1 Å². The van der Waals surface area contributed by atoms with E-state index < -0.39 is 6.03 Å². The van der Waals surface area contributed by atoms with Crippen LogP contribution in [0.2, 0.25) is 0 Å². The van der Waals surface area contributed by atoms with Crippen LogP contribution in [0.4, 0.5) is 9.18 Å². The van der Waals surface area contributed by atoms with Gasteiger partial charge < -0.3 is 10.5 Å². The third-order valence-corrected chi connectivity index (χ3v) is 4.76. The van der Waals surface area contributed by atoms with Gasteiger partial charge in [-0.25, -0.2) is 14.2 Å². The van der Waals surface area contributed by atoms with Crippen LogP contribution >= 0.6 is 11.8 Å². The van der Waals surface area contributed by atoms with Gasteiger partial charge in [0, 0.05) is 11.7 Å². The number of halogens is 1. The molecule has 5 nitrogen and oxygen atoms in total. The molecule has 124 valence electrons. The molecule has 2 amide bonds. The smallest absolute Gasteiger partial charge is 0.338 e. The fraction of sp³-hybridized carbons (Fsp3) is 0.438. The molecule has 0 radical (unpaired) electrons. The lowest BCUT2D eigenvalue weighted by Gasteiger charge is -2.11. The van der Waals surface area contributed by atoms with E-state index in [1.54, 1.807) is 23.9 Å². The fourth-order valence-corrected chi connectivity index (χ4v) is 3.42. The Bertz CT molecular complexity index is 585. The number of hydrogen-bond donors (Lipinski definition) is 2. The van der Waals surface area contributed by atoms with Crippen LogP contribution in [-0.2, 0) is 0 Å². The quantitative estimate of drug-likeness (QED) is 0.492. The molecule has 2 atom stereocenters. The number of urea groups is 1. The molecule has 1 aromatic rings. The number of primary amides is 1. The first-order valence-electron chi connectivity index (χ1n) is 7.32. The normalized spacial score (nSPS) is 19.7. The molecule has 0 unspecified atom stereocenters. The highest BCUT2D eigenvalue weighted by atomic mass is 32.2. The molecule has 1 heterocycles. The van der Waals surface area contributed by atoms with E-state index in [1.807, 2.05) is 0 Å². The predicted octanol–water partition coefficient (Wildman–Crippen LogP) is 2.63. The van der Waals surface area contributed by atoms with Crippen LogP contribution in [0, 0.1) is 17.7 Å². The lowest BCUT2D eigenvalue weighted by molar-refractivity contribution is -0.0372. The topological polar surface area (TPSA) is 75.8 Å². The van der Waals surface area contributed by atoms with Gasteiger partial charge in [0.05, 0.1) is 11.8 Å². The number of rotatable bonds is 5. The molecule has 1 fully saturated rings. The van der Waals surface area contributed by atoms with Crippen molar-refractivity contribution >= 4 is 17.8 Å². The summed E-state index contributed by atoms with van der Waals surface area (Å²) in [5.41, 5.74) is 4.90. The molecule has 0 saturated carbocycles. The van der Waals surface area contributed by atoms with Crippen molar-refractivity contribution in [3.8, 4) is 17.6 Å². The molecule has 2 rings (SSSR count). The zero-order valence-electron chi connectivity index (χ0n) is 12.6. The Hall–Kier alpha value is -1.91. The third-order valence-electron chi connectivity index (χ3n) is 3.32. The summed E-state index contributed by atoms with van der Waals surface area (Å²) in [6.07, 6.45) is 2.37. The van der Waals surface area contributed by atoms with Gasteiger partial charge in [-0.1, -0.05) is 5.92 Å². The summed E-state index contributed by atoms with van der Waals surface area (Å²) in [4.78, 5) is 10.6. The van der Waals surface area contributed by atoms with Gasteiger partial charge in [-0.05, 0) is 37.1 Å². The van der Waals surface area contributed by atoms with E-state index in [0.717, 1.165) is 12.8 Å². The largest absolute Gasteiger partial charge is 0.492 e. The predicted molar refractivity (Wildman–Crippen MR) is 86.8 cm³/mol. The number of carbonyl (C=O) groups is 1. The molecule has 7 heteroatoms. The number of amides is 2. The Morgan fingerprint density at radius 3 is 2.87 bits per heavy atom. The van der Waals surface area contributed by atoms with Gasteiger partial charge in [-0.2, -0.15) is 0 Å². The Morgan fingerprint density at radius 2 is 2.17 bits per heavy atom. The molecule has 1 aliphatic heterocycles. The summed E-state index contributed by atoms with van der Waals surface area (Å²) in [6.45, 7) is 0.678. The molecule has 0 spiro atoms. The number of nitrogens with zero attached hydrogens (tertiary/aromatic N) is 1. The Labute approximate surface area is 138 Å². The monoisotopic (exact) mass is 338 g/mol. The second-order valence-corrected chi connectivity index (χ2v) is 6.63. The first-order chi connectivity index (χ1) is 11.0. The van der Waals surface area contributed by atoms with Crippen molar-refractivity contribution in [3.63, 3.8) is 0 Å². The van der Waals surface area contributed by atoms with Gasteiger partial charge in [0.25, 0.3) is 0 Å². The molecular formula is C16H19FN2O3S. The molecular weight excluding hydrogens is 319 g/mol. The highest BCUT2D eigenvalue weighted by Gasteiger charge is 2.24. The lowest BCUT2D eigenvalue weighted by atomic mass is 10.2. The lowest BCUT2D eigenvalue weighted by Crippen LogP contribution is -2.33. The minimum Gasteiger partial charge on any atom is -0.492 e. The first kappa shape index (κ1) is 17.4. The Balaban J connectivity index is 1.68. The van der Waals surface area contributed by atoms with E-state index in [2.05, 4.69) is 11.8 Å². The van der Waals surface area contributed by atoms with Gasteiger partial charge in [0.1, 0.15) is 18.2 Å². The van der Waals surface area contributed by atoms with Crippen molar-refractivity contribution in [3.05, 3.63) is 30.1 Å². The van der Waals surface area contributed by atoms with Crippen molar-refractivity contribution in [2.24, 2.45) is 5.73 Å². The van der Waals surface area contributed by atoms with E-state index in [4.69, 9.17) is 15.7 Å². The molecule has 0 bridgehead atoms. The van der Waals surface area contributed by atoms with Crippen molar-refractivity contribution in [1.29, 1.82) is 0 Å². The number of hydroxylamine groups is 2. The van der Waals surface area contributed by atoms with Crippen molar-refractivity contribution in [2.45, 2.75) is 29.8 Å². The van der Waals surface area contributed by atoms with Crippen LogP contribution < -0.4 is 10.5 Å². The number of hydrogen-bond acceptors (Lipinski definition) is 4. The highest BCUT2D eigenvalue weighted by molar-refractivity contribution is 8.01. The van der Waals surface area contributed by atoms with Crippen LogP contribution in [0.25, 0.3) is 0 Å². The van der Waals surface area contributed by atoms with Crippen molar-refractivity contribution in [1.82, 2.24) is 5.06 Å². The van der Waals surface area contributed by atoms with Gasteiger partial charge in [0.15, 0.2) is 0 Å². The number of ether oxygens (including phenoxy) is 1. The maximum atomic E-state index is 12.8. The molecule has 1 aromatic carbocycles. The first-order valence-corrected chi connectivity index (χ1v) is 8.27. The molecule has 23 heavy (non-hydrogen) atoms. The van der Waals surface area contributed by atoms with Crippen LogP contribution in [0.3, 0.4) is 0 Å². The number of benzene rings is 1. The second-order valence-electron chi connectivity index (χ2n) is 5.12. The zero-order valence-corrected chi connectivity index (χ0v) is 13.4. The maximum Gasteiger partial charge on any atom is 0.338 e. The molecule has 0 aromatic heterocycles. The second kappa shape index (κ2) is 8.65. The minimum atomic E-state index is -0.875. The summed E-state index contributed by atoms with van der Waals surface area (Å²) in [5, 5.41) is 10.2. The summed E-state index contributed by atoms with van der Waals surface area (Å²) in [5.74, 6) is 6.47. The van der Waals surface area contributed by atoms with E-state index >= 15 is 0 Å². The van der Waals surface area contributed by atoms with Gasteiger partial charge in [0.2, 0.25) is 0 Å². The average Bonchev–Trinajstić information content (AvgIpc) is 2.98. The molecule has 1 aliphatic rings. The summed E-state index contributed by atoms with van der Waals surface area (Å²) in [7, 11) is 0. The zero-order chi connectivity index (χ0) is 16.7. The van der Waals surface area contributed by atoms with E-state index in [1.165, 1.54) is 12.1 Å². The van der Waals surface area contributed by atoms with Crippen LogP contribution in [0.1, 0.15) is 19.3 Å². The number of nitrogens with two attached hydrogens (primary N) is 1. The molecule has 3 N–H and O–H groups in total. The van der Waals surface area contributed by atoms with Crippen LogP contribution in [-0.4, -0.2) is 40.0 Å². The highest BCUT2D eigenvalue weighted by Crippen LogP contribution is 2.33. The Morgan fingerprint density at radius 1 is 1.43 bits per heavy atom. The molecule has 1 saturated heterocycles. The van der Waals surface area contributed by atoms with Crippen molar-refractivity contribution in [2.75, 3.05) is 13.2 Å². The van der Waals surface area contributed by atoms with Gasteiger partial charge in [-0.15, -0.1) is 17.7 Å². The standard InChI is InChI=1S/C16H19FN2O3S/c17-12-4-6-13(7-5-12)22-11-15-9-8-14(23-15)3-1-2-10-19(21)16(18)20/h4-7,14-15,21H,2,8-11H2,(H2,18,20)/t14-,15+/m1/s1. The molecule has 0 aliphatic carbocycles. The van der Waals surface area contributed by atoms with Crippen LogP contribution in [0.5, 0.6) is 5.75 Å². The summed E-state index contributed by atoms with van der Waals surface area (Å²) in [6, 6.07) is 5.11. The average molecular weight is 338 g/mol. The fourth-order valence-electron chi connectivity index (χ4n) is 2.11. The van der Waals surface area contributed by atoms with E-state index in [9.17, 15) is 9.18 Å². The van der Waals surface area contributed by atoms with Gasteiger partial charge in [-0.3, -0.25) is 5.21 Å². The van der Waals surface area contributed by atoms with E-state index in [-0.39, 0.29) is 17.6 Å². The Kier molecular flexibility index (Phi) is 6.56. The SMILES string of the molecule is NC(=O)N(O)CCC#C[C@@H]1CC[C@@H](COc2ccc(F)cc2)S1. The van der Waals surface area contributed by atoms with E-state index in [0.29, 0.717) is 29.1 Å². The number of thioether (sulfide) groups is 1. The van der Waals surface area contributed by atoms with Crippen LogP contribution in [0.15, 0.2) is 24.3 Å². The minimum absolute atomic E-state index is 0.108. The van der Waals surface area contributed by atoms with Gasteiger partial charge >= 0.3 is 6.03 Å².